The van der Waals surface area contributed by atoms with Crippen molar-refractivity contribution in [1.29, 1.82) is 0 Å². The Bertz CT molecular complexity index is 415. The summed E-state index contributed by atoms with van der Waals surface area (Å²) in [6.45, 7) is 2.24. The van der Waals surface area contributed by atoms with Gasteiger partial charge in [0, 0.05) is 18.6 Å². The second kappa shape index (κ2) is 8.71. The van der Waals surface area contributed by atoms with Gasteiger partial charge in [-0.1, -0.05) is 18.2 Å². The third kappa shape index (κ3) is 5.44. The summed E-state index contributed by atoms with van der Waals surface area (Å²) in [6, 6.07) is 0. The smallest absolute Gasteiger partial charge is 0.343 e. The molecule has 0 aromatic carbocycles. The first kappa shape index (κ1) is 15.7. The van der Waals surface area contributed by atoms with Gasteiger partial charge in [0.1, 0.15) is 11.4 Å². The predicted molar refractivity (Wildman–Crippen MR) is 74.1 cm³/mol. The van der Waals surface area contributed by atoms with Gasteiger partial charge in [-0.3, -0.25) is 0 Å². The van der Waals surface area contributed by atoms with Crippen molar-refractivity contribution in [1.82, 2.24) is 9.97 Å². The molecular weight excluding hydrogens is 266 g/mol. The number of nitrogens with two attached hydrogens (primary N) is 1. The number of aromatic nitrogens is 2. The number of carbonyl (C=O) groups excluding carboxylic acids is 1. The standard InChI is InChI=1S/C12H19N3O3S/c1-2-18-11(17)9-8-14-12(15-10(9)13)19-7-5-3-4-6-16/h8,16H,2-7H2,1H3,(H2,13,14,15). The Morgan fingerprint density at radius 2 is 2.26 bits per heavy atom. The Labute approximate surface area is 116 Å². The molecule has 0 spiro atoms. The number of esters is 1. The number of nitrogens with zero attached hydrogens (tertiary/aromatic N) is 2. The first-order chi connectivity index (χ1) is 9.19. The predicted octanol–water partition coefficient (Wildman–Crippen LogP) is 1.49. The molecule has 0 fully saturated rings. The molecule has 3 N–H and O–H groups in total. The number of nitrogen functional groups attached to an aromatic ring is 1. The van der Waals surface area contributed by atoms with Gasteiger partial charge in [0.15, 0.2) is 5.16 Å². The molecule has 0 bridgehead atoms. The number of aliphatic hydroxyl groups is 1. The van der Waals surface area contributed by atoms with E-state index in [0.29, 0.717) is 11.8 Å². The Hall–Kier alpha value is -1.34. The van der Waals surface area contributed by atoms with Crippen molar-refractivity contribution in [2.24, 2.45) is 0 Å². The van der Waals surface area contributed by atoms with Crippen molar-refractivity contribution in [3.05, 3.63) is 11.8 Å². The minimum Gasteiger partial charge on any atom is -0.462 e. The molecule has 0 radical (unpaired) electrons. The van der Waals surface area contributed by atoms with Gasteiger partial charge in [0.2, 0.25) is 0 Å². The van der Waals surface area contributed by atoms with Crippen molar-refractivity contribution < 1.29 is 14.6 Å². The molecule has 106 valence electrons. The highest BCUT2D eigenvalue weighted by atomic mass is 32.2. The number of unbranched alkanes of at least 4 members (excludes halogenated alkanes) is 2. The van der Waals surface area contributed by atoms with E-state index in [0.717, 1.165) is 25.0 Å². The fourth-order valence-corrected chi connectivity index (χ4v) is 2.19. The van der Waals surface area contributed by atoms with Crippen LogP contribution in [0.4, 0.5) is 5.82 Å². The van der Waals surface area contributed by atoms with Crippen LogP contribution in [0.25, 0.3) is 0 Å². The minimum absolute atomic E-state index is 0.145. The lowest BCUT2D eigenvalue weighted by Crippen LogP contribution is -2.10. The molecule has 7 heteroatoms. The number of aliphatic hydroxyl groups excluding tert-OH is 1. The van der Waals surface area contributed by atoms with Crippen LogP contribution < -0.4 is 5.73 Å². The summed E-state index contributed by atoms with van der Waals surface area (Å²) in [5.74, 6) is 0.504. The maximum absolute atomic E-state index is 11.5. The van der Waals surface area contributed by atoms with Crippen LogP contribution in [0, 0.1) is 0 Å². The second-order valence-electron chi connectivity index (χ2n) is 3.80. The first-order valence-corrected chi connectivity index (χ1v) is 7.21. The largest absolute Gasteiger partial charge is 0.462 e. The lowest BCUT2D eigenvalue weighted by Gasteiger charge is -2.05. The van der Waals surface area contributed by atoms with Gasteiger partial charge in [-0.2, -0.15) is 0 Å². The summed E-state index contributed by atoms with van der Waals surface area (Å²) in [5.41, 5.74) is 5.91. The summed E-state index contributed by atoms with van der Waals surface area (Å²) < 4.78 is 4.84. The van der Waals surface area contributed by atoms with Crippen LogP contribution in [0.2, 0.25) is 0 Å². The molecule has 0 aliphatic carbocycles. The quantitative estimate of drug-likeness (QED) is 0.323. The van der Waals surface area contributed by atoms with Gasteiger partial charge in [-0.05, 0) is 19.8 Å². The number of anilines is 1. The number of hydrogen-bond acceptors (Lipinski definition) is 7. The van der Waals surface area contributed by atoms with E-state index in [2.05, 4.69) is 9.97 Å². The topological polar surface area (TPSA) is 98.3 Å². The number of rotatable bonds is 8. The third-order valence-electron chi connectivity index (χ3n) is 2.33. The van der Waals surface area contributed by atoms with E-state index in [1.165, 1.54) is 18.0 Å². The van der Waals surface area contributed by atoms with Crippen LogP contribution in [0.1, 0.15) is 36.5 Å². The molecule has 0 amide bonds. The number of carbonyl (C=O) groups is 1. The maximum Gasteiger partial charge on any atom is 0.343 e. The van der Waals surface area contributed by atoms with Gasteiger partial charge in [0.25, 0.3) is 0 Å². The highest BCUT2D eigenvalue weighted by Gasteiger charge is 2.13. The average Bonchev–Trinajstić information content (AvgIpc) is 2.39. The number of hydrogen-bond donors (Lipinski definition) is 2. The zero-order valence-corrected chi connectivity index (χ0v) is 11.8. The highest BCUT2D eigenvalue weighted by Crippen LogP contribution is 2.18. The Kier molecular flexibility index (Phi) is 7.20. The molecule has 1 aromatic heterocycles. The van der Waals surface area contributed by atoms with Gasteiger partial charge in [-0.15, -0.1) is 0 Å². The van der Waals surface area contributed by atoms with E-state index < -0.39 is 5.97 Å². The van der Waals surface area contributed by atoms with E-state index in [9.17, 15) is 4.79 Å². The van der Waals surface area contributed by atoms with E-state index in [-0.39, 0.29) is 18.0 Å². The van der Waals surface area contributed by atoms with E-state index in [1.54, 1.807) is 6.92 Å². The summed E-state index contributed by atoms with van der Waals surface area (Å²) in [5, 5.41) is 9.20. The lowest BCUT2D eigenvalue weighted by atomic mass is 10.3. The zero-order chi connectivity index (χ0) is 14.1. The van der Waals surface area contributed by atoms with E-state index in [1.807, 2.05) is 0 Å². The van der Waals surface area contributed by atoms with Crippen molar-refractivity contribution >= 4 is 23.5 Å². The molecule has 0 aliphatic heterocycles. The second-order valence-corrected chi connectivity index (χ2v) is 4.87. The number of thioether (sulfide) groups is 1. The van der Waals surface area contributed by atoms with Crippen LogP contribution in [-0.2, 0) is 4.74 Å². The van der Waals surface area contributed by atoms with Gasteiger partial charge < -0.3 is 15.6 Å². The summed E-state index contributed by atoms with van der Waals surface area (Å²) in [6.07, 6.45) is 4.16. The van der Waals surface area contributed by atoms with Crippen LogP contribution in [-0.4, -0.2) is 40.0 Å². The van der Waals surface area contributed by atoms with Crippen LogP contribution in [0.5, 0.6) is 0 Å². The summed E-state index contributed by atoms with van der Waals surface area (Å²) in [4.78, 5) is 19.7. The minimum atomic E-state index is -0.500. The fraction of sp³-hybridized carbons (Fsp3) is 0.583. The van der Waals surface area contributed by atoms with Gasteiger partial charge >= 0.3 is 5.97 Å². The molecule has 1 heterocycles. The molecule has 0 saturated carbocycles. The van der Waals surface area contributed by atoms with Gasteiger partial charge in [0.05, 0.1) is 6.61 Å². The molecule has 0 atom stereocenters. The first-order valence-electron chi connectivity index (χ1n) is 6.22. The van der Waals surface area contributed by atoms with E-state index in [4.69, 9.17) is 15.6 Å². The average molecular weight is 285 g/mol. The molecular formula is C12H19N3O3S. The molecule has 0 aliphatic rings. The van der Waals surface area contributed by atoms with Crippen molar-refractivity contribution in [3.63, 3.8) is 0 Å². The molecule has 1 aromatic rings. The Morgan fingerprint density at radius 3 is 2.89 bits per heavy atom. The van der Waals surface area contributed by atoms with Crippen LogP contribution in [0.15, 0.2) is 11.4 Å². The SMILES string of the molecule is CCOC(=O)c1cnc(SCCCCCO)nc1N. The summed E-state index contributed by atoms with van der Waals surface area (Å²) in [7, 11) is 0. The van der Waals surface area contributed by atoms with Crippen LogP contribution >= 0.6 is 11.8 Å². The lowest BCUT2D eigenvalue weighted by molar-refractivity contribution is 0.0526. The fourth-order valence-electron chi connectivity index (χ4n) is 1.37. The van der Waals surface area contributed by atoms with Gasteiger partial charge in [-0.25, -0.2) is 14.8 Å². The molecule has 0 unspecified atom stereocenters. The van der Waals surface area contributed by atoms with Crippen molar-refractivity contribution in [2.75, 3.05) is 24.7 Å². The van der Waals surface area contributed by atoms with Crippen molar-refractivity contribution in [3.8, 4) is 0 Å². The molecule has 19 heavy (non-hydrogen) atoms. The highest BCUT2D eigenvalue weighted by molar-refractivity contribution is 7.99. The molecule has 0 saturated heterocycles. The maximum atomic E-state index is 11.5. The third-order valence-corrected chi connectivity index (χ3v) is 3.27. The van der Waals surface area contributed by atoms with Crippen molar-refractivity contribution in [2.45, 2.75) is 31.3 Å². The zero-order valence-electron chi connectivity index (χ0n) is 11.0. The molecule has 6 nitrogen and oxygen atoms in total. The van der Waals surface area contributed by atoms with Crippen LogP contribution in [0.3, 0.4) is 0 Å². The normalized spacial score (nSPS) is 10.4. The number of ether oxygens (including phenoxy) is 1. The Balaban J connectivity index is 2.49. The van der Waals surface area contributed by atoms with E-state index >= 15 is 0 Å². The monoisotopic (exact) mass is 285 g/mol. The summed E-state index contributed by atoms with van der Waals surface area (Å²) >= 11 is 1.48. The Morgan fingerprint density at radius 1 is 1.47 bits per heavy atom. The molecule has 1 rings (SSSR count).